The van der Waals surface area contributed by atoms with Crippen LogP contribution in [0.4, 0.5) is 0 Å². The Morgan fingerprint density at radius 3 is 1.00 bits per heavy atom. The van der Waals surface area contributed by atoms with Gasteiger partial charge >= 0.3 is 0 Å². The monoisotopic (exact) mass is 937 g/mol. The first kappa shape index (κ1) is 61.9. The summed E-state index contributed by atoms with van der Waals surface area (Å²) in [7, 11) is 0. The highest BCUT2D eigenvalue weighted by Crippen LogP contribution is 2.40. The van der Waals surface area contributed by atoms with Gasteiger partial charge in [0.25, 0.3) is 5.91 Å². The van der Waals surface area contributed by atoms with Crippen molar-refractivity contribution < 1.29 is 42.7 Å². The second-order valence-corrected chi connectivity index (χ2v) is 18.0. The second kappa shape index (κ2) is 50.7. The summed E-state index contributed by atoms with van der Waals surface area (Å²) in [5.74, 6) is 1.64. The molecule has 0 spiro atoms. The Morgan fingerprint density at radius 2 is 0.667 bits per heavy atom. The lowest BCUT2D eigenvalue weighted by Crippen LogP contribution is -2.28. The van der Waals surface area contributed by atoms with Crippen LogP contribution in [0.1, 0.15) is 224 Å². The molecule has 3 N–H and O–H groups in total. The van der Waals surface area contributed by atoms with E-state index in [1.807, 2.05) is 12.1 Å². The zero-order valence-corrected chi connectivity index (χ0v) is 43.2. The van der Waals surface area contributed by atoms with Crippen LogP contribution in [-0.4, -0.2) is 105 Å². The molecule has 66 heavy (non-hydrogen) atoms. The Bertz CT molecular complexity index is 1110. The quantitative estimate of drug-likeness (QED) is 0.0609. The van der Waals surface area contributed by atoms with Crippen molar-refractivity contribution in [3.63, 3.8) is 0 Å². The van der Waals surface area contributed by atoms with Gasteiger partial charge in [-0.2, -0.15) is 0 Å². The van der Waals surface area contributed by atoms with E-state index in [0.29, 0.717) is 122 Å². The highest BCUT2D eigenvalue weighted by atomic mass is 16.6. The maximum Gasteiger partial charge on any atom is 0.251 e. The Balaban J connectivity index is 2.77. The first-order valence-electron chi connectivity index (χ1n) is 27.6. The molecule has 1 rings (SSSR count). The van der Waals surface area contributed by atoms with E-state index in [4.69, 9.17) is 43.6 Å². The van der Waals surface area contributed by atoms with Crippen LogP contribution in [0.2, 0.25) is 0 Å². The van der Waals surface area contributed by atoms with Crippen molar-refractivity contribution in [1.29, 1.82) is 0 Å². The summed E-state index contributed by atoms with van der Waals surface area (Å²) < 4.78 is 47.2. The molecule has 0 radical (unpaired) electrons. The highest BCUT2D eigenvalue weighted by molar-refractivity contribution is 5.95. The first-order chi connectivity index (χ1) is 32.7. The van der Waals surface area contributed by atoms with Gasteiger partial charge in [-0.15, -0.1) is 0 Å². The van der Waals surface area contributed by atoms with Crippen molar-refractivity contribution in [2.45, 2.75) is 213 Å². The van der Waals surface area contributed by atoms with Crippen LogP contribution in [0, 0.1) is 0 Å². The Morgan fingerprint density at radius 1 is 0.379 bits per heavy atom. The molecule has 0 unspecified atom stereocenters. The zero-order chi connectivity index (χ0) is 47.5. The fourth-order valence-electron chi connectivity index (χ4n) is 7.78. The molecule has 0 saturated heterocycles. The molecule has 1 aromatic rings. The Kier molecular flexibility index (Phi) is 47.5. The molecule has 0 fully saturated rings. The molecule has 0 atom stereocenters. The molecule has 11 nitrogen and oxygen atoms in total. The summed E-state index contributed by atoms with van der Waals surface area (Å²) in [5.41, 5.74) is 5.91. The summed E-state index contributed by atoms with van der Waals surface area (Å²) >= 11 is 0. The number of rotatable bonds is 54. The van der Waals surface area contributed by atoms with Gasteiger partial charge in [-0.1, -0.05) is 194 Å². The molecule has 388 valence electrons. The minimum absolute atomic E-state index is 0.187. The van der Waals surface area contributed by atoms with Crippen LogP contribution < -0.4 is 25.3 Å². The maximum absolute atomic E-state index is 13.6. The number of nitrogens with one attached hydrogen (secondary N) is 1. The normalized spacial score (nSPS) is 11.4. The number of carbonyl (C=O) groups excluding carboxylic acids is 1. The smallest absolute Gasteiger partial charge is 0.251 e. The molecule has 11 heteroatoms. The van der Waals surface area contributed by atoms with Gasteiger partial charge in [-0.25, -0.2) is 0 Å². The van der Waals surface area contributed by atoms with Gasteiger partial charge in [-0.05, 0) is 31.4 Å². The molecule has 0 aromatic heterocycles. The predicted octanol–water partition coefficient (Wildman–Crippen LogP) is 13.4. The fourth-order valence-corrected chi connectivity index (χ4v) is 7.78. The molecule has 1 amide bonds. The Labute approximate surface area is 405 Å². The van der Waals surface area contributed by atoms with E-state index in [0.717, 1.165) is 38.5 Å². The van der Waals surface area contributed by atoms with E-state index in [-0.39, 0.29) is 5.91 Å². The van der Waals surface area contributed by atoms with Crippen molar-refractivity contribution in [1.82, 2.24) is 5.32 Å². The molecule has 0 aliphatic carbocycles. The third kappa shape index (κ3) is 39.8. The standard InChI is InChI=1S/C55H104N2O9/c1-4-7-10-13-16-19-22-25-28-31-36-64-52-49-51(55(58)57-35-40-60-42-44-62-46-48-63-47-45-61-43-41-59-39-34-56)50-53(65-37-32-29-26-23-20-17-14-11-8-5-2)54(52)66-38-33-30-27-24-21-18-15-12-9-6-3/h49-50H,4-48,56H2,1-3H3,(H,57,58). The molecule has 0 saturated carbocycles. The molecule has 0 aliphatic heterocycles. The average molecular weight is 937 g/mol. The number of nitrogens with two attached hydrogens (primary N) is 1. The van der Waals surface area contributed by atoms with E-state index < -0.39 is 0 Å². The largest absolute Gasteiger partial charge is 0.490 e. The molecule has 0 heterocycles. The van der Waals surface area contributed by atoms with Crippen LogP contribution in [0.25, 0.3) is 0 Å². The minimum atomic E-state index is -0.187. The second-order valence-electron chi connectivity index (χ2n) is 18.0. The van der Waals surface area contributed by atoms with Gasteiger partial charge in [0.15, 0.2) is 11.5 Å². The van der Waals surface area contributed by atoms with Crippen LogP contribution in [0.3, 0.4) is 0 Å². The van der Waals surface area contributed by atoms with E-state index in [1.165, 1.54) is 154 Å². The van der Waals surface area contributed by atoms with Crippen LogP contribution >= 0.6 is 0 Å². The van der Waals surface area contributed by atoms with Gasteiger partial charge in [-0.3, -0.25) is 4.79 Å². The number of hydrogen-bond donors (Lipinski definition) is 2. The number of hydrogen-bond acceptors (Lipinski definition) is 10. The van der Waals surface area contributed by atoms with Crippen molar-refractivity contribution in [2.24, 2.45) is 5.73 Å². The SMILES string of the molecule is CCCCCCCCCCCCOc1cc(C(=O)NCCOCCOCCOCCOCCOCCN)cc(OCCCCCCCCCCCC)c1OCCCCCCCCCCCC. The minimum Gasteiger partial charge on any atom is -0.490 e. The van der Waals surface area contributed by atoms with Gasteiger partial charge in [0.05, 0.1) is 85.9 Å². The van der Waals surface area contributed by atoms with Crippen LogP contribution in [0.15, 0.2) is 12.1 Å². The van der Waals surface area contributed by atoms with E-state index in [9.17, 15) is 4.79 Å². The third-order valence-electron chi connectivity index (χ3n) is 11.8. The van der Waals surface area contributed by atoms with E-state index >= 15 is 0 Å². The number of unbranched alkanes of at least 4 members (excludes halogenated alkanes) is 27. The van der Waals surface area contributed by atoms with Gasteiger partial charge in [0.2, 0.25) is 5.75 Å². The van der Waals surface area contributed by atoms with Crippen molar-refractivity contribution in [3.05, 3.63) is 17.7 Å². The lowest BCUT2D eigenvalue weighted by Gasteiger charge is -2.19. The molecule has 1 aromatic carbocycles. The van der Waals surface area contributed by atoms with Gasteiger partial charge in [0.1, 0.15) is 0 Å². The summed E-state index contributed by atoms with van der Waals surface area (Å²) in [6.07, 6.45) is 38.0. The van der Waals surface area contributed by atoms with E-state index in [2.05, 4.69) is 26.1 Å². The van der Waals surface area contributed by atoms with Gasteiger partial charge in [0, 0.05) is 18.7 Å². The lowest BCUT2D eigenvalue weighted by atomic mass is 10.1. The Hall–Kier alpha value is -2.15. The maximum atomic E-state index is 13.6. The number of amides is 1. The predicted molar refractivity (Wildman–Crippen MR) is 274 cm³/mol. The molecule has 0 aliphatic rings. The summed E-state index contributed by atoms with van der Waals surface area (Å²) in [4.78, 5) is 13.6. The topological polar surface area (TPSA) is 129 Å². The first-order valence-corrected chi connectivity index (χ1v) is 27.6. The summed E-state index contributed by atoms with van der Waals surface area (Å²) in [6, 6.07) is 3.68. The number of benzene rings is 1. The number of carbonyl (C=O) groups is 1. The van der Waals surface area contributed by atoms with Crippen molar-refractivity contribution >= 4 is 5.91 Å². The third-order valence-corrected chi connectivity index (χ3v) is 11.8. The molecular weight excluding hydrogens is 833 g/mol. The number of ether oxygens (including phenoxy) is 8. The van der Waals surface area contributed by atoms with Gasteiger partial charge < -0.3 is 48.9 Å². The van der Waals surface area contributed by atoms with Crippen LogP contribution in [0.5, 0.6) is 17.2 Å². The van der Waals surface area contributed by atoms with E-state index in [1.54, 1.807) is 0 Å². The molecular formula is C55H104N2O9. The fraction of sp³-hybridized carbons (Fsp3) is 0.873. The highest BCUT2D eigenvalue weighted by Gasteiger charge is 2.19. The van der Waals surface area contributed by atoms with Crippen molar-refractivity contribution in [3.8, 4) is 17.2 Å². The van der Waals surface area contributed by atoms with Crippen molar-refractivity contribution in [2.75, 3.05) is 99.0 Å². The van der Waals surface area contributed by atoms with Crippen LogP contribution in [-0.2, 0) is 23.7 Å². The molecule has 0 bridgehead atoms. The lowest BCUT2D eigenvalue weighted by molar-refractivity contribution is -0.0102. The summed E-state index contributed by atoms with van der Waals surface area (Å²) in [6.45, 7) is 14.3. The average Bonchev–Trinajstić information content (AvgIpc) is 3.32. The zero-order valence-electron chi connectivity index (χ0n) is 43.2. The summed E-state index contributed by atoms with van der Waals surface area (Å²) in [5, 5.41) is 3.03.